The van der Waals surface area contributed by atoms with E-state index >= 15 is 0 Å². The van der Waals surface area contributed by atoms with Crippen molar-refractivity contribution in [1.29, 1.82) is 5.26 Å². The van der Waals surface area contributed by atoms with Gasteiger partial charge in [-0.2, -0.15) is 5.26 Å². The number of hydrogen-bond acceptors (Lipinski definition) is 3. The number of fused-ring (bicyclic) bond motifs is 1. The maximum atomic E-state index is 12.9. The molecule has 5 nitrogen and oxygen atoms in total. The third-order valence-electron chi connectivity index (χ3n) is 6.14. The highest BCUT2D eigenvalue weighted by Gasteiger charge is 2.42. The summed E-state index contributed by atoms with van der Waals surface area (Å²) in [6, 6.07) is 2.73. The lowest BCUT2D eigenvalue weighted by Crippen LogP contribution is -2.42. The van der Waals surface area contributed by atoms with Crippen LogP contribution in [-0.4, -0.2) is 27.9 Å². The second kappa shape index (κ2) is 7.03. The number of amides is 1. The number of nitrogens with zero attached hydrogens (tertiary/aromatic N) is 2. The summed E-state index contributed by atoms with van der Waals surface area (Å²) in [6.45, 7) is 5.81. The zero-order chi connectivity index (χ0) is 18.1. The quantitative estimate of drug-likeness (QED) is 0.918. The van der Waals surface area contributed by atoms with Gasteiger partial charge in [-0.1, -0.05) is 12.8 Å². The summed E-state index contributed by atoms with van der Waals surface area (Å²) in [6.07, 6.45) is 7.04. The van der Waals surface area contributed by atoms with Crippen LogP contribution in [0.5, 0.6) is 0 Å². The van der Waals surface area contributed by atoms with Gasteiger partial charge in [-0.15, -0.1) is 0 Å². The molecule has 0 unspecified atom stereocenters. The summed E-state index contributed by atoms with van der Waals surface area (Å²) >= 11 is 0. The molecule has 0 bridgehead atoms. The molecule has 2 fully saturated rings. The highest BCUT2D eigenvalue weighted by atomic mass is 16.2. The first-order valence-corrected chi connectivity index (χ1v) is 9.37. The Kier molecular flexibility index (Phi) is 4.99. The van der Waals surface area contributed by atoms with Crippen LogP contribution in [0.25, 0.3) is 0 Å². The number of carbonyl (C=O) groups excluding carboxylic acids is 1. The molecule has 1 aromatic heterocycles. The molecular formula is C20H27N3O2. The van der Waals surface area contributed by atoms with Gasteiger partial charge in [0.2, 0.25) is 5.91 Å². The third-order valence-corrected chi connectivity index (χ3v) is 6.14. The van der Waals surface area contributed by atoms with Gasteiger partial charge in [0.1, 0.15) is 11.6 Å². The number of hydrogen-bond donors (Lipinski definition) is 1. The van der Waals surface area contributed by atoms with E-state index in [1.807, 2.05) is 13.0 Å². The zero-order valence-corrected chi connectivity index (χ0v) is 15.4. The summed E-state index contributed by atoms with van der Waals surface area (Å²) in [7, 11) is 0. The van der Waals surface area contributed by atoms with Crippen molar-refractivity contribution >= 4 is 5.91 Å². The standard InChI is InChI=1S/C20H27N3O2/c1-12-10-15-6-4-5-7-18(15)23(12)19(24)9-8-16-13(2)17(11-21)20(25)22-14(16)3/h12,15,18H,4-10H2,1-3H3,(H,22,25)/t12-,15+,18-/m1/s1. The van der Waals surface area contributed by atoms with E-state index < -0.39 is 0 Å². The van der Waals surface area contributed by atoms with E-state index in [9.17, 15) is 14.9 Å². The van der Waals surface area contributed by atoms with Crippen LogP contribution in [0.4, 0.5) is 0 Å². The predicted molar refractivity (Wildman–Crippen MR) is 96.2 cm³/mol. The van der Waals surface area contributed by atoms with Gasteiger partial charge in [0, 0.05) is 24.2 Å². The van der Waals surface area contributed by atoms with E-state index in [4.69, 9.17) is 0 Å². The molecule has 0 spiro atoms. The molecule has 1 saturated carbocycles. The fraction of sp³-hybridized carbons (Fsp3) is 0.650. The number of pyridine rings is 1. The Morgan fingerprint density at radius 1 is 1.32 bits per heavy atom. The molecule has 0 aromatic carbocycles. The van der Waals surface area contributed by atoms with Crippen molar-refractivity contribution in [2.45, 2.75) is 77.8 Å². The predicted octanol–water partition coefficient (Wildman–Crippen LogP) is 2.98. The van der Waals surface area contributed by atoms with Gasteiger partial charge in [-0.3, -0.25) is 9.59 Å². The first-order valence-electron chi connectivity index (χ1n) is 9.37. The van der Waals surface area contributed by atoms with Crippen molar-refractivity contribution in [3.63, 3.8) is 0 Å². The first kappa shape index (κ1) is 17.7. The molecule has 3 rings (SSSR count). The molecule has 25 heavy (non-hydrogen) atoms. The Labute approximate surface area is 149 Å². The number of rotatable bonds is 3. The number of carbonyl (C=O) groups is 1. The molecule has 1 saturated heterocycles. The van der Waals surface area contributed by atoms with Crippen molar-refractivity contribution in [1.82, 2.24) is 9.88 Å². The van der Waals surface area contributed by atoms with Crippen molar-refractivity contribution < 1.29 is 4.79 Å². The Morgan fingerprint density at radius 2 is 2.04 bits per heavy atom. The molecule has 1 amide bonds. The van der Waals surface area contributed by atoms with Gasteiger partial charge in [-0.25, -0.2) is 0 Å². The van der Waals surface area contributed by atoms with E-state index in [-0.39, 0.29) is 17.0 Å². The number of likely N-dealkylation sites (tertiary alicyclic amines) is 1. The molecule has 3 atom stereocenters. The normalized spacial score (nSPS) is 25.5. The summed E-state index contributed by atoms with van der Waals surface area (Å²) < 4.78 is 0. The number of nitrogens with one attached hydrogen (secondary N) is 1. The summed E-state index contributed by atoms with van der Waals surface area (Å²) in [5.74, 6) is 0.889. The molecule has 1 aromatic rings. The van der Waals surface area contributed by atoms with Crippen LogP contribution in [0, 0.1) is 31.1 Å². The van der Waals surface area contributed by atoms with Crippen LogP contribution < -0.4 is 5.56 Å². The Bertz CT molecular complexity index is 774. The number of aromatic nitrogens is 1. The molecule has 2 aliphatic rings. The third kappa shape index (κ3) is 3.22. The SMILES string of the molecule is Cc1[nH]c(=O)c(C#N)c(C)c1CCC(=O)N1[C@H](C)C[C@@H]2CCCC[C@H]21. The largest absolute Gasteiger partial charge is 0.337 e. The molecule has 5 heteroatoms. The topological polar surface area (TPSA) is 77.0 Å². The molecule has 134 valence electrons. The maximum Gasteiger partial charge on any atom is 0.266 e. The highest BCUT2D eigenvalue weighted by molar-refractivity contribution is 5.77. The number of H-pyrrole nitrogens is 1. The Morgan fingerprint density at radius 3 is 2.76 bits per heavy atom. The fourth-order valence-corrected chi connectivity index (χ4v) is 4.92. The van der Waals surface area contributed by atoms with E-state index in [2.05, 4.69) is 16.8 Å². The van der Waals surface area contributed by atoms with Crippen LogP contribution in [0.15, 0.2) is 4.79 Å². The molecule has 1 aliphatic carbocycles. The number of nitriles is 1. The van der Waals surface area contributed by atoms with Crippen LogP contribution in [0.2, 0.25) is 0 Å². The fourth-order valence-electron chi connectivity index (χ4n) is 4.92. The second-order valence-corrected chi connectivity index (χ2v) is 7.67. The summed E-state index contributed by atoms with van der Waals surface area (Å²) in [4.78, 5) is 29.6. The first-order chi connectivity index (χ1) is 11.9. The lowest BCUT2D eigenvalue weighted by molar-refractivity contribution is -0.134. The van der Waals surface area contributed by atoms with Gasteiger partial charge < -0.3 is 9.88 Å². The summed E-state index contributed by atoms with van der Waals surface area (Å²) in [5.41, 5.74) is 2.22. The van der Waals surface area contributed by atoms with E-state index in [1.54, 1.807) is 6.92 Å². The average Bonchev–Trinajstić information content (AvgIpc) is 2.90. The molecule has 1 aliphatic heterocycles. The Hall–Kier alpha value is -2.09. The van der Waals surface area contributed by atoms with Crippen molar-refractivity contribution in [2.75, 3.05) is 0 Å². The van der Waals surface area contributed by atoms with Gasteiger partial charge in [-0.05, 0) is 63.5 Å². The van der Waals surface area contributed by atoms with E-state index in [1.165, 1.54) is 19.3 Å². The number of aryl methyl sites for hydroxylation is 1. The molecule has 1 N–H and O–H groups in total. The van der Waals surface area contributed by atoms with Gasteiger partial charge in [0.15, 0.2) is 0 Å². The lowest BCUT2D eigenvalue weighted by atomic mass is 9.85. The van der Waals surface area contributed by atoms with E-state index in [0.29, 0.717) is 36.4 Å². The summed E-state index contributed by atoms with van der Waals surface area (Å²) in [5, 5.41) is 9.18. The minimum absolute atomic E-state index is 0.162. The minimum atomic E-state index is -0.342. The highest BCUT2D eigenvalue weighted by Crippen LogP contribution is 2.39. The van der Waals surface area contributed by atoms with Crippen LogP contribution in [0.3, 0.4) is 0 Å². The van der Waals surface area contributed by atoms with Gasteiger partial charge >= 0.3 is 0 Å². The maximum absolute atomic E-state index is 12.9. The van der Waals surface area contributed by atoms with Crippen molar-refractivity contribution in [3.8, 4) is 6.07 Å². The smallest absolute Gasteiger partial charge is 0.266 e. The zero-order valence-electron chi connectivity index (χ0n) is 15.4. The van der Waals surface area contributed by atoms with E-state index in [0.717, 1.165) is 24.1 Å². The average molecular weight is 341 g/mol. The van der Waals surface area contributed by atoms with Crippen LogP contribution in [0.1, 0.15) is 67.8 Å². The van der Waals surface area contributed by atoms with Crippen molar-refractivity contribution in [2.24, 2.45) is 5.92 Å². The van der Waals surface area contributed by atoms with Crippen molar-refractivity contribution in [3.05, 3.63) is 32.7 Å². The van der Waals surface area contributed by atoms with Gasteiger partial charge in [0.05, 0.1) is 0 Å². The molecule has 0 radical (unpaired) electrons. The second-order valence-electron chi connectivity index (χ2n) is 7.67. The minimum Gasteiger partial charge on any atom is -0.337 e. The lowest BCUT2D eigenvalue weighted by Gasteiger charge is -2.33. The molecular weight excluding hydrogens is 314 g/mol. The van der Waals surface area contributed by atoms with Crippen LogP contribution >= 0.6 is 0 Å². The Balaban J connectivity index is 1.75. The van der Waals surface area contributed by atoms with Crippen LogP contribution in [-0.2, 0) is 11.2 Å². The molecule has 2 heterocycles. The van der Waals surface area contributed by atoms with Gasteiger partial charge in [0.25, 0.3) is 5.56 Å². The monoisotopic (exact) mass is 341 g/mol. The number of aromatic amines is 1.